The summed E-state index contributed by atoms with van der Waals surface area (Å²) in [6, 6.07) is 4.33. The largest absolute Gasteiger partial charge is 0.490 e. The van der Waals surface area contributed by atoms with Gasteiger partial charge < -0.3 is 10.1 Å². The van der Waals surface area contributed by atoms with E-state index in [4.69, 9.17) is 16.3 Å². The molecule has 4 heteroatoms. The molecule has 0 aliphatic carbocycles. The first kappa shape index (κ1) is 12.7. The van der Waals surface area contributed by atoms with Gasteiger partial charge in [-0.1, -0.05) is 18.5 Å². The van der Waals surface area contributed by atoms with Crippen LogP contribution in [0.15, 0.2) is 18.2 Å². The monoisotopic (exact) mass is 257 g/mol. The van der Waals surface area contributed by atoms with E-state index in [1.165, 1.54) is 12.1 Å². The van der Waals surface area contributed by atoms with Crippen LogP contribution in [-0.4, -0.2) is 19.2 Å². The highest BCUT2D eigenvalue weighted by atomic mass is 35.5. The van der Waals surface area contributed by atoms with E-state index in [0.29, 0.717) is 16.7 Å². The van der Waals surface area contributed by atoms with Gasteiger partial charge in [-0.25, -0.2) is 4.39 Å². The van der Waals surface area contributed by atoms with Crippen LogP contribution in [0.25, 0.3) is 0 Å². The van der Waals surface area contributed by atoms with E-state index >= 15 is 0 Å². The Bertz CT molecular complexity index is 359. The van der Waals surface area contributed by atoms with Crippen molar-refractivity contribution in [3.63, 3.8) is 0 Å². The normalized spacial score (nSPS) is 21.5. The van der Waals surface area contributed by atoms with E-state index in [2.05, 4.69) is 12.2 Å². The van der Waals surface area contributed by atoms with Crippen molar-refractivity contribution in [2.24, 2.45) is 5.92 Å². The lowest BCUT2D eigenvalue weighted by atomic mass is 9.99. The smallest absolute Gasteiger partial charge is 0.128 e. The van der Waals surface area contributed by atoms with Gasteiger partial charge in [-0.15, -0.1) is 0 Å². The van der Waals surface area contributed by atoms with E-state index in [-0.39, 0.29) is 11.9 Å². The highest BCUT2D eigenvalue weighted by molar-refractivity contribution is 6.30. The molecule has 1 aromatic carbocycles. The molecule has 0 spiro atoms. The van der Waals surface area contributed by atoms with E-state index in [0.717, 1.165) is 25.9 Å². The number of ether oxygens (including phenoxy) is 1. The number of benzene rings is 1. The lowest BCUT2D eigenvalue weighted by molar-refractivity contribution is 0.138. The van der Waals surface area contributed by atoms with Crippen molar-refractivity contribution in [1.29, 1.82) is 0 Å². The second-order valence-corrected chi connectivity index (χ2v) is 4.86. The zero-order valence-electron chi connectivity index (χ0n) is 9.88. The molecule has 0 saturated carbocycles. The van der Waals surface area contributed by atoms with Gasteiger partial charge in [0.05, 0.1) is 0 Å². The first-order chi connectivity index (χ1) is 8.19. The van der Waals surface area contributed by atoms with Gasteiger partial charge in [-0.05, 0) is 31.5 Å². The fourth-order valence-electron chi connectivity index (χ4n) is 2.28. The van der Waals surface area contributed by atoms with Crippen molar-refractivity contribution in [1.82, 2.24) is 5.32 Å². The van der Waals surface area contributed by atoms with Crippen LogP contribution in [-0.2, 0) is 0 Å². The Morgan fingerprint density at radius 2 is 2.35 bits per heavy atom. The molecule has 1 N–H and O–H groups in total. The Morgan fingerprint density at radius 1 is 1.53 bits per heavy atom. The van der Waals surface area contributed by atoms with Crippen LogP contribution in [0.3, 0.4) is 0 Å². The Hall–Kier alpha value is -0.800. The highest BCUT2D eigenvalue weighted by Gasteiger charge is 2.25. The van der Waals surface area contributed by atoms with Crippen molar-refractivity contribution in [3.8, 4) is 5.75 Å². The number of nitrogens with one attached hydrogen (secondary N) is 1. The molecule has 1 saturated heterocycles. The van der Waals surface area contributed by atoms with Crippen LogP contribution >= 0.6 is 11.6 Å². The summed E-state index contributed by atoms with van der Waals surface area (Å²) < 4.78 is 19.0. The predicted octanol–water partition coefficient (Wildman–Crippen LogP) is 3.25. The fourth-order valence-corrected chi connectivity index (χ4v) is 2.49. The molecule has 0 unspecified atom stereocenters. The standard InChI is InChI=1S/C13H17ClFNO/c1-2-13(9-3-4-16-8-9)17-12-6-10(14)5-11(15)7-12/h5-7,9,13,16H,2-4,8H2,1H3/t9-,13-/m0/s1. The van der Waals surface area contributed by atoms with Crippen LogP contribution < -0.4 is 10.1 Å². The molecule has 0 radical (unpaired) electrons. The molecule has 0 aromatic heterocycles. The summed E-state index contributed by atoms with van der Waals surface area (Å²) in [6.07, 6.45) is 2.16. The van der Waals surface area contributed by atoms with Crippen LogP contribution in [0.2, 0.25) is 5.02 Å². The summed E-state index contributed by atoms with van der Waals surface area (Å²) in [5.41, 5.74) is 0. The van der Waals surface area contributed by atoms with Gasteiger partial charge in [0, 0.05) is 23.6 Å². The van der Waals surface area contributed by atoms with E-state index in [1.54, 1.807) is 6.07 Å². The number of rotatable bonds is 4. The highest BCUT2D eigenvalue weighted by Crippen LogP contribution is 2.25. The molecule has 17 heavy (non-hydrogen) atoms. The summed E-state index contributed by atoms with van der Waals surface area (Å²) in [5, 5.41) is 3.69. The van der Waals surface area contributed by atoms with Gasteiger partial charge >= 0.3 is 0 Å². The van der Waals surface area contributed by atoms with E-state index in [9.17, 15) is 4.39 Å². The van der Waals surface area contributed by atoms with Crippen LogP contribution in [0, 0.1) is 11.7 Å². The molecule has 2 rings (SSSR count). The molecule has 1 heterocycles. The Morgan fingerprint density at radius 3 is 2.94 bits per heavy atom. The van der Waals surface area contributed by atoms with Gasteiger partial charge in [-0.2, -0.15) is 0 Å². The van der Waals surface area contributed by atoms with Crippen molar-refractivity contribution >= 4 is 11.6 Å². The molecule has 0 bridgehead atoms. The van der Waals surface area contributed by atoms with E-state index < -0.39 is 0 Å². The van der Waals surface area contributed by atoms with Crippen LogP contribution in [0.5, 0.6) is 5.75 Å². The van der Waals surface area contributed by atoms with Crippen molar-refractivity contribution in [3.05, 3.63) is 29.0 Å². The minimum Gasteiger partial charge on any atom is -0.490 e. The van der Waals surface area contributed by atoms with Crippen LogP contribution in [0.1, 0.15) is 19.8 Å². The molecule has 2 atom stereocenters. The Labute approximate surface area is 106 Å². The first-order valence-corrected chi connectivity index (χ1v) is 6.40. The van der Waals surface area contributed by atoms with Crippen molar-refractivity contribution in [2.45, 2.75) is 25.9 Å². The fraction of sp³-hybridized carbons (Fsp3) is 0.538. The second kappa shape index (κ2) is 5.69. The molecular formula is C13H17ClFNO. The molecule has 1 aliphatic rings. The second-order valence-electron chi connectivity index (χ2n) is 4.42. The summed E-state index contributed by atoms with van der Waals surface area (Å²) in [7, 11) is 0. The van der Waals surface area contributed by atoms with Crippen LogP contribution in [0.4, 0.5) is 4.39 Å². The summed E-state index contributed by atoms with van der Waals surface area (Å²) in [6.45, 7) is 4.10. The maximum Gasteiger partial charge on any atom is 0.128 e. The Balaban J connectivity index is 2.06. The molecule has 94 valence electrons. The van der Waals surface area contributed by atoms with Gasteiger partial charge in [0.2, 0.25) is 0 Å². The van der Waals surface area contributed by atoms with Gasteiger partial charge in [0.1, 0.15) is 17.7 Å². The Kier molecular flexibility index (Phi) is 4.24. The number of hydrogen-bond acceptors (Lipinski definition) is 2. The maximum atomic E-state index is 13.2. The summed E-state index contributed by atoms with van der Waals surface area (Å²) in [4.78, 5) is 0. The maximum absolute atomic E-state index is 13.2. The minimum absolute atomic E-state index is 0.128. The average molecular weight is 258 g/mol. The number of halogens is 2. The topological polar surface area (TPSA) is 21.3 Å². The third kappa shape index (κ3) is 3.33. The van der Waals surface area contributed by atoms with E-state index in [1.807, 2.05) is 0 Å². The molecule has 0 amide bonds. The third-order valence-electron chi connectivity index (χ3n) is 3.15. The summed E-state index contributed by atoms with van der Waals surface area (Å²) >= 11 is 5.80. The zero-order valence-corrected chi connectivity index (χ0v) is 10.6. The van der Waals surface area contributed by atoms with Gasteiger partial charge in [0.15, 0.2) is 0 Å². The molecule has 2 nitrogen and oxygen atoms in total. The van der Waals surface area contributed by atoms with Crippen molar-refractivity contribution in [2.75, 3.05) is 13.1 Å². The van der Waals surface area contributed by atoms with Crippen molar-refractivity contribution < 1.29 is 9.13 Å². The zero-order chi connectivity index (χ0) is 12.3. The first-order valence-electron chi connectivity index (χ1n) is 6.02. The van der Waals surface area contributed by atoms with Gasteiger partial charge in [0.25, 0.3) is 0 Å². The summed E-state index contributed by atoms with van der Waals surface area (Å²) in [5.74, 6) is 0.669. The SMILES string of the molecule is CC[C@H](Oc1cc(F)cc(Cl)c1)[C@H]1CCNC1. The molecule has 1 fully saturated rings. The lowest BCUT2D eigenvalue weighted by Crippen LogP contribution is -2.28. The minimum atomic E-state index is -0.355. The molecule has 1 aliphatic heterocycles. The quantitative estimate of drug-likeness (QED) is 0.894. The number of hydrogen-bond donors (Lipinski definition) is 1. The molecular weight excluding hydrogens is 241 g/mol. The lowest BCUT2D eigenvalue weighted by Gasteiger charge is -2.23. The average Bonchev–Trinajstić information content (AvgIpc) is 2.77. The third-order valence-corrected chi connectivity index (χ3v) is 3.37. The predicted molar refractivity (Wildman–Crippen MR) is 67.1 cm³/mol. The molecule has 1 aromatic rings. The van der Waals surface area contributed by atoms with Gasteiger partial charge in [-0.3, -0.25) is 0 Å².